The van der Waals surface area contributed by atoms with Gasteiger partial charge in [0.2, 0.25) is 0 Å². The van der Waals surface area contributed by atoms with Crippen molar-refractivity contribution in [2.45, 2.75) is 0 Å². The van der Waals surface area contributed by atoms with Gasteiger partial charge in [-0.3, -0.25) is 10.2 Å². The Morgan fingerprint density at radius 3 is 2.69 bits per heavy atom. The number of nitrogen functional groups attached to an aromatic ring is 1. The Bertz CT molecular complexity index is 509. The van der Waals surface area contributed by atoms with E-state index < -0.39 is 5.91 Å². The van der Waals surface area contributed by atoms with E-state index >= 15 is 0 Å². The molecule has 2 aromatic rings. The Kier molecular flexibility index (Phi) is 2.93. The highest BCUT2D eigenvalue weighted by Gasteiger charge is 2.10. The second kappa shape index (κ2) is 4.38. The number of amides is 1. The number of thiazole rings is 1. The Hall–Kier alpha value is -1.79. The molecule has 0 radical (unpaired) electrons. The van der Waals surface area contributed by atoms with Crippen LogP contribution in [0.4, 0.5) is 4.39 Å². The zero-order valence-corrected chi connectivity index (χ0v) is 8.92. The van der Waals surface area contributed by atoms with Crippen molar-refractivity contribution in [1.29, 1.82) is 0 Å². The number of carbonyl (C=O) groups is 1. The molecule has 6 heteroatoms. The number of nitrogens with two attached hydrogens (primary N) is 1. The topological polar surface area (TPSA) is 68.0 Å². The number of benzene rings is 1. The average molecular weight is 237 g/mol. The van der Waals surface area contributed by atoms with Crippen molar-refractivity contribution < 1.29 is 9.18 Å². The summed E-state index contributed by atoms with van der Waals surface area (Å²) in [5.41, 5.74) is 3.02. The van der Waals surface area contributed by atoms with E-state index in [0.717, 1.165) is 5.56 Å². The maximum atomic E-state index is 12.7. The summed E-state index contributed by atoms with van der Waals surface area (Å²) in [4.78, 5) is 15.2. The lowest BCUT2D eigenvalue weighted by molar-refractivity contribution is 0.0949. The van der Waals surface area contributed by atoms with E-state index in [9.17, 15) is 9.18 Å². The van der Waals surface area contributed by atoms with Crippen LogP contribution in [0.1, 0.15) is 10.5 Å². The van der Waals surface area contributed by atoms with Crippen LogP contribution >= 0.6 is 11.3 Å². The largest absolute Gasteiger partial charge is 0.289 e. The smallest absolute Gasteiger partial charge is 0.284 e. The van der Waals surface area contributed by atoms with Gasteiger partial charge in [-0.25, -0.2) is 15.2 Å². The van der Waals surface area contributed by atoms with Gasteiger partial charge in [-0.05, 0) is 24.3 Å². The van der Waals surface area contributed by atoms with E-state index in [1.807, 2.05) is 5.43 Å². The number of hydrazine groups is 1. The van der Waals surface area contributed by atoms with Crippen molar-refractivity contribution in [3.8, 4) is 10.6 Å². The average Bonchev–Trinajstić information content (AvgIpc) is 2.78. The first-order valence-corrected chi connectivity index (χ1v) is 5.31. The summed E-state index contributed by atoms with van der Waals surface area (Å²) in [6.07, 6.45) is 0. The maximum absolute atomic E-state index is 12.7. The van der Waals surface area contributed by atoms with E-state index in [1.54, 1.807) is 17.5 Å². The first-order chi connectivity index (χ1) is 7.70. The number of rotatable bonds is 2. The molecule has 0 atom stereocenters. The number of nitrogens with zero attached hydrogens (tertiary/aromatic N) is 1. The highest BCUT2D eigenvalue weighted by atomic mass is 32.1. The normalized spacial score (nSPS) is 10.1. The van der Waals surface area contributed by atoms with Crippen molar-refractivity contribution in [1.82, 2.24) is 10.4 Å². The van der Waals surface area contributed by atoms with Gasteiger partial charge in [0.15, 0.2) is 0 Å². The van der Waals surface area contributed by atoms with Gasteiger partial charge >= 0.3 is 0 Å². The molecule has 16 heavy (non-hydrogen) atoms. The van der Waals surface area contributed by atoms with E-state index in [2.05, 4.69) is 4.98 Å². The van der Waals surface area contributed by atoms with Crippen molar-refractivity contribution in [2.75, 3.05) is 0 Å². The minimum absolute atomic E-state index is 0.256. The number of carbonyl (C=O) groups excluding carboxylic acids is 1. The number of halogens is 1. The monoisotopic (exact) mass is 237 g/mol. The highest BCUT2D eigenvalue weighted by Crippen LogP contribution is 2.23. The van der Waals surface area contributed by atoms with Crippen LogP contribution in [0, 0.1) is 5.82 Å². The number of nitrogens with one attached hydrogen (secondary N) is 1. The van der Waals surface area contributed by atoms with Crippen LogP contribution in [0.25, 0.3) is 10.6 Å². The third-order valence-corrected chi connectivity index (χ3v) is 2.85. The molecule has 3 N–H and O–H groups in total. The number of hydrogen-bond acceptors (Lipinski definition) is 4. The predicted octanol–water partition coefficient (Wildman–Crippen LogP) is 1.55. The second-order valence-corrected chi connectivity index (χ2v) is 3.88. The van der Waals surface area contributed by atoms with Crippen molar-refractivity contribution in [3.63, 3.8) is 0 Å². The summed E-state index contributed by atoms with van der Waals surface area (Å²) in [6.45, 7) is 0. The zero-order valence-electron chi connectivity index (χ0n) is 8.11. The van der Waals surface area contributed by atoms with Gasteiger partial charge in [0.05, 0.1) is 0 Å². The van der Waals surface area contributed by atoms with Crippen molar-refractivity contribution in [3.05, 3.63) is 41.2 Å². The van der Waals surface area contributed by atoms with Gasteiger partial charge in [0, 0.05) is 10.9 Å². The third-order valence-electron chi connectivity index (χ3n) is 1.96. The summed E-state index contributed by atoms with van der Waals surface area (Å²) in [5, 5.41) is 2.25. The molecule has 0 bridgehead atoms. The van der Waals surface area contributed by atoms with Crippen LogP contribution in [0.5, 0.6) is 0 Å². The predicted molar refractivity (Wildman–Crippen MR) is 59.2 cm³/mol. The molecule has 0 unspecified atom stereocenters. The summed E-state index contributed by atoms with van der Waals surface area (Å²) in [7, 11) is 0. The van der Waals surface area contributed by atoms with Crippen LogP contribution in [-0.4, -0.2) is 10.9 Å². The molecule has 4 nitrogen and oxygen atoms in total. The minimum Gasteiger partial charge on any atom is -0.289 e. The van der Waals surface area contributed by atoms with Crippen LogP contribution in [0.15, 0.2) is 29.6 Å². The molecule has 0 fully saturated rings. The molecule has 0 aliphatic carbocycles. The Balaban J connectivity index is 2.31. The SMILES string of the molecule is NNC(=O)c1csc(-c2ccc(F)cc2)n1. The van der Waals surface area contributed by atoms with Crippen LogP contribution in [-0.2, 0) is 0 Å². The van der Waals surface area contributed by atoms with Gasteiger partial charge in [-0.1, -0.05) is 0 Å². The first kappa shape index (κ1) is 10.7. The van der Waals surface area contributed by atoms with Gasteiger partial charge in [-0.15, -0.1) is 11.3 Å². The number of aromatic nitrogens is 1. The molecular weight excluding hydrogens is 229 g/mol. The minimum atomic E-state index is -0.440. The molecule has 1 aromatic carbocycles. The molecule has 1 amide bonds. The molecule has 0 saturated heterocycles. The molecule has 1 aromatic heterocycles. The molecule has 0 spiro atoms. The summed E-state index contributed by atoms with van der Waals surface area (Å²) < 4.78 is 12.7. The Labute approximate surface area is 94.9 Å². The molecule has 0 aliphatic rings. The fourth-order valence-electron chi connectivity index (χ4n) is 1.18. The lowest BCUT2D eigenvalue weighted by Gasteiger charge is -1.95. The van der Waals surface area contributed by atoms with Crippen molar-refractivity contribution >= 4 is 17.2 Å². The molecular formula is C10H8FN3OS. The third kappa shape index (κ3) is 2.07. The van der Waals surface area contributed by atoms with E-state index in [1.165, 1.54) is 23.5 Å². The zero-order chi connectivity index (χ0) is 11.5. The van der Waals surface area contributed by atoms with Gasteiger partial charge in [0.25, 0.3) is 5.91 Å². The van der Waals surface area contributed by atoms with E-state index in [-0.39, 0.29) is 11.5 Å². The number of hydrogen-bond donors (Lipinski definition) is 2. The quantitative estimate of drug-likeness (QED) is 0.473. The van der Waals surface area contributed by atoms with Crippen LogP contribution < -0.4 is 11.3 Å². The lowest BCUT2D eigenvalue weighted by atomic mass is 10.2. The van der Waals surface area contributed by atoms with Gasteiger partial charge < -0.3 is 0 Å². The molecule has 0 saturated carbocycles. The van der Waals surface area contributed by atoms with Gasteiger partial charge in [-0.2, -0.15) is 0 Å². The summed E-state index contributed by atoms with van der Waals surface area (Å²) >= 11 is 1.30. The van der Waals surface area contributed by atoms with Crippen LogP contribution in [0.2, 0.25) is 0 Å². The second-order valence-electron chi connectivity index (χ2n) is 3.02. The van der Waals surface area contributed by atoms with Gasteiger partial charge in [0.1, 0.15) is 16.5 Å². The molecule has 82 valence electrons. The lowest BCUT2D eigenvalue weighted by Crippen LogP contribution is -2.30. The van der Waals surface area contributed by atoms with E-state index in [4.69, 9.17) is 5.84 Å². The summed E-state index contributed by atoms with van der Waals surface area (Å²) in [6, 6.07) is 5.91. The molecule has 0 aliphatic heterocycles. The van der Waals surface area contributed by atoms with Crippen LogP contribution in [0.3, 0.4) is 0 Å². The Morgan fingerprint density at radius 1 is 1.38 bits per heavy atom. The van der Waals surface area contributed by atoms with E-state index in [0.29, 0.717) is 5.01 Å². The molecule has 1 heterocycles. The fraction of sp³-hybridized carbons (Fsp3) is 0. The van der Waals surface area contributed by atoms with Crippen molar-refractivity contribution in [2.24, 2.45) is 5.84 Å². The summed E-state index contributed by atoms with van der Waals surface area (Å²) in [5.74, 6) is 4.24. The first-order valence-electron chi connectivity index (χ1n) is 4.43. The Morgan fingerprint density at radius 2 is 2.06 bits per heavy atom. The standard InChI is InChI=1S/C10H8FN3OS/c11-7-3-1-6(2-4-7)10-13-8(5-16-10)9(15)14-12/h1-5H,12H2,(H,14,15). The highest BCUT2D eigenvalue weighted by molar-refractivity contribution is 7.13. The maximum Gasteiger partial charge on any atom is 0.284 e. The molecule has 2 rings (SSSR count). The fourth-order valence-corrected chi connectivity index (χ4v) is 1.98.